The normalized spacial score (nSPS) is 13.4. The molecule has 2 rings (SSSR count). The summed E-state index contributed by atoms with van der Waals surface area (Å²) >= 11 is 0. The van der Waals surface area contributed by atoms with E-state index in [0.29, 0.717) is 11.5 Å². The number of rotatable bonds is 11. The van der Waals surface area contributed by atoms with E-state index in [1.807, 2.05) is 32.9 Å². The molecule has 0 radical (unpaired) electrons. The summed E-state index contributed by atoms with van der Waals surface area (Å²) in [4.78, 5) is 51.5. The molecular weight excluding hydrogens is 434 g/mol. The molecule has 0 aliphatic carbocycles. The summed E-state index contributed by atoms with van der Waals surface area (Å²) in [6.45, 7) is 5.65. The lowest BCUT2D eigenvalue weighted by Crippen LogP contribution is -2.32. The number of esters is 1. The second-order valence-electron chi connectivity index (χ2n) is 9.43. The summed E-state index contributed by atoms with van der Waals surface area (Å²) < 4.78 is 5.30. The zero-order chi connectivity index (χ0) is 25.0. The van der Waals surface area contributed by atoms with Gasteiger partial charge in [-0.25, -0.2) is 4.79 Å². The Bertz CT molecular complexity index is 901. The van der Waals surface area contributed by atoms with Gasteiger partial charge in [0.1, 0.15) is 5.60 Å². The molecule has 1 heterocycles. The Balaban J connectivity index is 1.56. The molecule has 1 fully saturated rings. The molecule has 0 spiro atoms. The van der Waals surface area contributed by atoms with Crippen molar-refractivity contribution in [2.45, 2.75) is 97.0 Å². The van der Waals surface area contributed by atoms with Crippen LogP contribution in [-0.2, 0) is 35.2 Å². The van der Waals surface area contributed by atoms with Crippen LogP contribution in [0.1, 0.15) is 96.1 Å². The first-order valence-electron chi connectivity index (χ1n) is 12.0. The van der Waals surface area contributed by atoms with E-state index >= 15 is 0 Å². The van der Waals surface area contributed by atoms with Crippen LogP contribution in [0.2, 0.25) is 0 Å². The van der Waals surface area contributed by atoms with Crippen molar-refractivity contribution in [3.8, 4) is 11.8 Å². The van der Waals surface area contributed by atoms with Crippen molar-refractivity contribution in [3.63, 3.8) is 0 Å². The smallest absolute Gasteiger partial charge is 0.337 e. The predicted octanol–water partition coefficient (Wildman–Crippen LogP) is 4.65. The fraction of sp³-hybridized carbons (Fsp3) is 0.556. The van der Waals surface area contributed by atoms with Crippen LogP contribution in [0, 0.1) is 11.8 Å². The second kappa shape index (κ2) is 13.5. The van der Waals surface area contributed by atoms with E-state index in [9.17, 15) is 19.2 Å². The van der Waals surface area contributed by atoms with Crippen molar-refractivity contribution in [1.82, 2.24) is 5.06 Å². The third-order valence-electron chi connectivity index (χ3n) is 5.09. The lowest BCUT2D eigenvalue weighted by Gasteiger charge is -2.19. The summed E-state index contributed by atoms with van der Waals surface area (Å²) in [6.07, 6.45) is 7.75. The van der Waals surface area contributed by atoms with Crippen molar-refractivity contribution < 1.29 is 28.8 Å². The van der Waals surface area contributed by atoms with Crippen LogP contribution in [0.15, 0.2) is 24.3 Å². The molecule has 7 nitrogen and oxygen atoms in total. The highest BCUT2D eigenvalue weighted by atomic mass is 16.7. The number of nitrogens with zero attached hydrogens (tertiary/aromatic N) is 1. The Kier molecular flexibility index (Phi) is 10.8. The Morgan fingerprint density at radius 2 is 1.47 bits per heavy atom. The van der Waals surface area contributed by atoms with Crippen LogP contribution in [0.3, 0.4) is 0 Å². The van der Waals surface area contributed by atoms with Crippen LogP contribution in [0.25, 0.3) is 0 Å². The molecule has 0 atom stereocenters. The first kappa shape index (κ1) is 27.1. The van der Waals surface area contributed by atoms with E-state index in [4.69, 9.17) is 9.57 Å². The van der Waals surface area contributed by atoms with E-state index in [1.165, 1.54) is 0 Å². The van der Waals surface area contributed by atoms with Crippen molar-refractivity contribution in [2.24, 2.45) is 0 Å². The van der Waals surface area contributed by atoms with Gasteiger partial charge in [0, 0.05) is 31.2 Å². The van der Waals surface area contributed by atoms with Gasteiger partial charge in [-0.3, -0.25) is 14.4 Å². The molecule has 0 N–H and O–H groups in total. The van der Waals surface area contributed by atoms with Gasteiger partial charge in [0.25, 0.3) is 11.8 Å². The van der Waals surface area contributed by atoms with Crippen LogP contribution in [0.5, 0.6) is 0 Å². The van der Waals surface area contributed by atoms with E-state index < -0.39 is 23.4 Å². The molecule has 184 valence electrons. The number of hydroxylamine groups is 2. The van der Waals surface area contributed by atoms with E-state index in [-0.39, 0.29) is 25.2 Å². The third kappa shape index (κ3) is 10.7. The first-order chi connectivity index (χ1) is 16.1. The van der Waals surface area contributed by atoms with Crippen molar-refractivity contribution in [2.75, 3.05) is 0 Å². The van der Waals surface area contributed by atoms with Gasteiger partial charge in [-0.2, -0.15) is 0 Å². The maximum Gasteiger partial charge on any atom is 0.337 e. The summed E-state index contributed by atoms with van der Waals surface area (Å²) in [7, 11) is 0. The van der Waals surface area contributed by atoms with E-state index in [1.54, 1.807) is 12.1 Å². The summed E-state index contributed by atoms with van der Waals surface area (Å²) in [5.41, 5.74) is 1.18. The maximum atomic E-state index is 12.0. The van der Waals surface area contributed by atoms with Gasteiger partial charge in [-0.05, 0) is 51.3 Å². The van der Waals surface area contributed by atoms with Crippen LogP contribution in [0.4, 0.5) is 0 Å². The fourth-order valence-electron chi connectivity index (χ4n) is 3.41. The molecule has 7 heteroatoms. The Hall–Kier alpha value is -3.14. The van der Waals surface area contributed by atoms with Crippen LogP contribution < -0.4 is 0 Å². The molecule has 2 amide bonds. The number of amides is 2. The number of ether oxygens (including phenoxy) is 1. The standard InChI is InChI=1S/C27H35NO6/c1-27(2,3)33-25(31)13-11-9-7-5-4-6-8-10-12-21-14-16-22(17-15-21)20-26(32)34-28-23(29)18-19-24(28)30/h14-17H,4-9,11,13,18-20H2,1-3H3. The van der Waals surface area contributed by atoms with Gasteiger partial charge in [-0.15, -0.1) is 5.06 Å². The lowest BCUT2D eigenvalue weighted by atomic mass is 10.1. The quantitative estimate of drug-likeness (QED) is 0.203. The number of hydrogen-bond acceptors (Lipinski definition) is 6. The number of imide groups is 1. The highest BCUT2D eigenvalue weighted by Crippen LogP contribution is 2.14. The topological polar surface area (TPSA) is 90.0 Å². The number of hydrogen-bond donors (Lipinski definition) is 0. The van der Waals surface area contributed by atoms with Gasteiger partial charge in [0.2, 0.25) is 0 Å². The summed E-state index contributed by atoms with van der Waals surface area (Å²) in [6, 6.07) is 7.26. The lowest BCUT2D eigenvalue weighted by molar-refractivity contribution is -0.197. The molecule has 0 aromatic heterocycles. The summed E-state index contributed by atoms with van der Waals surface area (Å²) in [5, 5.41) is 0.562. The molecule has 1 aromatic rings. The number of benzene rings is 1. The van der Waals surface area contributed by atoms with Gasteiger partial charge >= 0.3 is 11.9 Å². The summed E-state index contributed by atoms with van der Waals surface area (Å²) in [5.74, 6) is 4.56. The Morgan fingerprint density at radius 1 is 0.882 bits per heavy atom. The molecule has 1 saturated heterocycles. The van der Waals surface area contributed by atoms with E-state index in [2.05, 4.69) is 11.8 Å². The molecule has 0 bridgehead atoms. The SMILES string of the molecule is CC(C)(C)OC(=O)CCCCCCCCC#Cc1ccc(CC(=O)ON2C(=O)CCC2=O)cc1. The van der Waals surface area contributed by atoms with Gasteiger partial charge in [0.15, 0.2) is 0 Å². The van der Waals surface area contributed by atoms with Gasteiger partial charge in [-0.1, -0.05) is 49.7 Å². The largest absolute Gasteiger partial charge is 0.460 e. The Labute approximate surface area is 202 Å². The molecule has 1 aliphatic heterocycles. The third-order valence-corrected chi connectivity index (χ3v) is 5.09. The number of carbonyl (C=O) groups excluding carboxylic acids is 4. The molecule has 1 aliphatic rings. The highest BCUT2D eigenvalue weighted by molar-refractivity contribution is 6.01. The zero-order valence-electron chi connectivity index (χ0n) is 20.5. The first-order valence-corrected chi connectivity index (χ1v) is 12.0. The van der Waals surface area contributed by atoms with Crippen LogP contribution >= 0.6 is 0 Å². The van der Waals surface area contributed by atoms with Gasteiger partial charge < -0.3 is 9.57 Å². The molecule has 1 aromatic carbocycles. The minimum Gasteiger partial charge on any atom is -0.460 e. The van der Waals surface area contributed by atoms with Gasteiger partial charge in [0.05, 0.1) is 6.42 Å². The average Bonchev–Trinajstić information content (AvgIpc) is 3.07. The molecule has 0 saturated carbocycles. The van der Waals surface area contributed by atoms with Crippen molar-refractivity contribution in [3.05, 3.63) is 35.4 Å². The maximum absolute atomic E-state index is 12.0. The van der Waals surface area contributed by atoms with Crippen molar-refractivity contribution >= 4 is 23.8 Å². The van der Waals surface area contributed by atoms with Crippen LogP contribution in [-0.4, -0.2) is 34.4 Å². The predicted molar refractivity (Wildman–Crippen MR) is 127 cm³/mol. The molecule has 34 heavy (non-hydrogen) atoms. The van der Waals surface area contributed by atoms with Crippen molar-refractivity contribution in [1.29, 1.82) is 0 Å². The minimum absolute atomic E-state index is 0.0253. The van der Waals surface area contributed by atoms with E-state index in [0.717, 1.165) is 56.1 Å². The fourth-order valence-corrected chi connectivity index (χ4v) is 3.41. The number of carbonyl (C=O) groups is 4. The molecule has 0 unspecified atom stereocenters. The number of unbranched alkanes of at least 4 members (excludes halogenated alkanes) is 6. The Morgan fingerprint density at radius 3 is 2.09 bits per heavy atom. The minimum atomic E-state index is -0.646. The second-order valence-corrected chi connectivity index (χ2v) is 9.43. The average molecular weight is 470 g/mol. The zero-order valence-corrected chi connectivity index (χ0v) is 20.5. The monoisotopic (exact) mass is 469 g/mol. The highest BCUT2D eigenvalue weighted by Gasteiger charge is 2.32. The molecular formula is C27H35NO6.